The van der Waals surface area contributed by atoms with Crippen LogP contribution in [0.15, 0.2) is 24.3 Å². The van der Waals surface area contributed by atoms with Gasteiger partial charge in [0.05, 0.1) is 6.04 Å². The number of rotatable bonds is 2. The van der Waals surface area contributed by atoms with E-state index in [1.165, 1.54) is 0 Å². The van der Waals surface area contributed by atoms with E-state index >= 15 is 0 Å². The summed E-state index contributed by atoms with van der Waals surface area (Å²) in [4.78, 5) is 24.0. The number of benzene rings is 1. The van der Waals surface area contributed by atoms with Crippen LogP contribution in [0.2, 0.25) is 0 Å². The highest BCUT2D eigenvalue weighted by molar-refractivity contribution is 5.98. The number of nitrogens with zero attached hydrogens (tertiary/aromatic N) is 1. The van der Waals surface area contributed by atoms with Gasteiger partial charge >= 0.3 is 0 Å². The van der Waals surface area contributed by atoms with Crippen molar-refractivity contribution in [1.82, 2.24) is 4.90 Å². The van der Waals surface area contributed by atoms with Crippen molar-refractivity contribution < 1.29 is 9.59 Å². The molecule has 0 heterocycles. The number of hydrogen-bond acceptors (Lipinski definition) is 2. The molecule has 0 saturated carbocycles. The predicted molar refractivity (Wildman–Crippen MR) is 56.6 cm³/mol. The maximum Gasteiger partial charge on any atom is 0.209 e. The van der Waals surface area contributed by atoms with Gasteiger partial charge in [0.1, 0.15) is 0 Å². The highest BCUT2D eigenvalue weighted by Gasteiger charge is 2.27. The molecule has 78 valence electrons. The second-order valence-corrected chi connectivity index (χ2v) is 3.84. The van der Waals surface area contributed by atoms with Crippen molar-refractivity contribution in [3.8, 4) is 0 Å². The third kappa shape index (κ3) is 1.65. The molecule has 1 atom stereocenters. The van der Waals surface area contributed by atoms with E-state index in [-0.39, 0.29) is 11.8 Å². The van der Waals surface area contributed by atoms with Crippen molar-refractivity contribution in [2.75, 3.05) is 7.05 Å². The summed E-state index contributed by atoms with van der Waals surface area (Å²) in [6.07, 6.45) is 2.07. The van der Waals surface area contributed by atoms with E-state index < -0.39 is 0 Å². The third-order valence-corrected chi connectivity index (χ3v) is 2.92. The van der Waals surface area contributed by atoms with Gasteiger partial charge in [0.25, 0.3) is 0 Å². The molecule has 1 aromatic rings. The minimum atomic E-state index is 0.0522. The van der Waals surface area contributed by atoms with Crippen molar-refractivity contribution in [3.05, 3.63) is 35.4 Å². The quantitative estimate of drug-likeness (QED) is 0.687. The fraction of sp³-hybridized carbons (Fsp3) is 0.333. The first-order chi connectivity index (χ1) is 7.24. The zero-order valence-electron chi connectivity index (χ0n) is 8.64. The summed E-state index contributed by atoms with van der Waals surface area (Å²) in [5, 5.41) is 0. The van der Waals surface area contributed by atoms with Crippen LogP contribution in [0.4, 0.5) is 0 Å². The average Bonchev–Trinajstić information content (AvgIpc) is 2.29. The Bertz CT molecular complexity index is 400. The Morgan fingerprint density at radius 1 is 1.40 bits per heavy atom. The van der Waals surface area contributed by atoms with Crippen LogP contribution < -0.4 is 0 Å². The molecule has 0 radical (unpaired) electrons. The molecular formula is C12H13NO2. The number of carbonyl (C=O) groups is 2. The number of Topliss-reactive ketones (excluding diaryl/α,β-unsaturated/α-hetero) is 1. The Labute approximate surface area is 88.7 Å². The van der Waals surface area contributed by atoms with Crippen molar-refractivity contribution in [3.63, 3.8) is 0 Å². The minimum absolute atomic E-state index is 0.0522. The van der Waals surface area contributed by atoms with Crippen LogP contribution in [0.3, 0.4) is 0 Å². The molecule has 0 aliphatic heterocycles. The normalized spacial score (nSPS) is 19.5. The van der Waals surface area contributed by atoms with Gasteiger partial charge in [-0.3, -0.25) is 9.59 Å². The molecule has 0 spiro atoms. The zero-order chi connectivity index (χ0) is 10.8. The molecule has 1 amide bonds. The third-order valence-electron chi connectivity index (χ3n) is 2.92. The van der Waals surface area contributed by atoms with Gasteiger partial charge in [-0.15, -0.1) is 0 Å². The van der Waals surface area contributed by atoms with E-state index in [0.29, 0.717) is 6.42 Å². The van der Waals surface area contributed by atoms with Gasteiger partial charge in [-0.2, -0.15) is 0 Å². The number of fused-ring (bicyclic) bond motifs is 1. The molecule has 0 saturated heterocycles. The molecule has 0 bridgehead atoms. The van der Waals surface area contributed by atoms with Crippen LogP contribution in [0.1, 0.15) is 34.8 Å². The molecule has 1 aliphatic rings. The van der Waals surface area contributed by atoms with Crippen LogP contribution in [0.25, 0.3) is 0 Å². The van der Waals surface area contributed by atoms with Crippen LogP contribution >= 0.6 is 0 Å². The van der Waals surface area contributed by atoms with Gasteiger partial charge in [-0.25, -0.2) is 0 Å². The molecule has 3 nitrogen and oxygen atoms in total. The van der Waals surface area contributed by atoms with Crippen molar-refractivity contribution >= 4 is 12.2 Å². The van der Waals surface area contributed by atoms with E-state index in [1.54, 1.807) is 11.9 Å². The van der Waals surface area contributed by atoms with Crippen molar-refractivity contribution in [2.24, 2.45) is 0 Å². The van der Waals surface area contributed by atoms with Gasteiger partial charge in [0, 0.05) is 19.0 Å². The standard InChI is InChI=1S/C12H13NO2/c1-13(8-14)11-6-7-12(15)10-5-3-2-4-9(10)11/h2-5,8,11H,6-7H2,1H3/t11-/m0/s1. The highest BCUT2D eigenvalue weighted by atomic mass is 16.1. The molecule has 0 aromatic heterocycles. The number of ketones is 1. The minimum Gasteiger partial charge on any atom is -0.341 e. The summed E-state index contributed by atoms with van der Waals surface area (Å²) in [5.74, 6) is 0.182. The monoisotopic (exact) mass is 203 g/mol. The summed E-state index contributed by atoms with van der Waals surface area (Å²) in [5.41, 5.74) is 1.74. The largest absolute Gasteiger partial charge is 0.341 e. The summed E-state index contributed by atoms with van der Waals surface area (Å²) in [6.45, 7) is 0. The summed E-state index contributed by atoms with van der Waals surface area (Å²) in [7, 11) is 1.75. The van der Waals surface area contributed by atoms with Crippen LogP contribution in [-0.2, 0) is 4.79 Å². The summed E-state index contributed by atoms with van der Waals surface area (Å²) >= 11 is 0. The maximum absolute atomic E-state index is 11.6. The number of carbonyl (C=O) groups excluding carboxylic acids is 2. The first-order valence-corrected chi connectivity index (χ1v) is 5.03. The molecule has 1 aliphatic carbocycles. The van der Waals surface area contributed by atoms with Crippen LogP contribution in [-0.4, -0.2) is 24.1 Å². The molecular weight excluding hydrogens is 190 g/mol. The predicted octanol–water partition coefficient (Wildman–Crippen LogP) is 1.79. The lowest BCUT2D eigenvalue weighted by Crippen LogP contribution is -2.28. The van der Waals surface area contributed by atoms with Gasteiger partial charge in [-0.05, 0) is 12.0 Å². The fourth-order valence-corrected chi connectivity index (χ4v) is 2.10. The highest BCUT2D eigenvalue weighted by Crippen LogP contribution is 2.32. The second-order valence-electron chi connectivity index (χ2n) is 3.84. The smallest absolute Gasteiger partial charge is 0.209 e. The lowest BCUT2D eigenvalue weighted by molar-refractivity contribution is -0.119. The molecule has 0 N–H and O–H groups in total. The van der Waals surface area contributed by atoms with Crippen molar-refractivity contribution in [1.29, 1.82) is 0 Å². The Morgan fingerprint density at radius 3 is 2.87 bits per heavy atom. The Kier molecular flexibility index (Phi) is 2.54. The Balaban J connectivity index is 2.44. The Morgan fingerprint density at radius 2 is 2.13 bits per heavy atom. The van der Waals surface area contributed by atoms with Gasteiger partial charge in [-0.1, -0.05) is 24.3 Å². The average molecular weight is 203 g/mol. The first-order valence-electron chi connectivity index (χ1n) is 5.03. The molecule has 0 unspecified atom stereocenters. The summed E-state index contributed by atoms with van der Waals surface area (Å²) < 4.78 is 0. The fourth-order valence-electron chi connectivity index (χ4n) is 2.10. The summed E-state index contributed by atoms with van der Waals surface area (Å²) in [6, 6.07) is 7.58. The first kappa shape index (κ1) is 9.90. The lowest BCUT2D eigenvalue weighted by Gasteiger charge is -2.29. The second kappa shape index (κ2) is 3.85. The molecule has 3 heteroatoms. The zero-order valence-corrected chi connectivity index (χ0v) is 8.64. The lowest BCUT2D eigenvalue weighted by atomic mass is 9.86. The van der Waals surface area contributed by atoms with Crippen LogP contribution in [0, 0.1) is 0 Å². The molecule has 2 rings (SSSR count). The van der Waals surface area contributed by atoms with E-state index in [1.807, 2.05) is 24.3 Å². The number of hydrogen-bond donors (Lipinski definition) is 0. The van der Waals surface area contributed by atoms with E-state index in [9.17, 15) is 9.59 Å². The maximum atomic E-state index is 11.6. The Hall–Kier alpha value is -1.64. The molecule has 0 fully saturated rings. The van der Waals surface area contributed by atoms with Gasteiger partial charge in [0.15, 0.2) is 5.78 Å². The van der Waals surface area contributed by atoms with E-state index in [2.05, 4.69) is 0 Å². The van der Waals surface area contributed by atoms with Crippen molar-refractivity contribution in [2.45, 2.75) is 18.9 Å². The molecule has 1 aromatic carbocycles. The van der Waals surface area contributed by atoms with E-state index in [0.717, 1.165) is 24.0 Å². The topological polar surface area (TPSA) is 37.4 Å². The van der Waals surface area contributed by atoms with E-state index in [4.69, 9.17) is 0 Å². The van der Waals surface area contributed by atoms with Crippen LogP contribution in [0.5, 0.6) is 0 Å². The number of amides is 1. The SMILES string of the molecule is CN(C=O)[C@H]1CCC(=O)c2ccccc21. The molecule has 15 heavy (non-hydrogen) atoms. The van der Waals surface area contributed by atoms with Gasteiger partial charge in [0.2, 0.25) is 6.41 Å². The van der Waals surface area contributed by atoms with Gasteiger partial charge < -0.3 is 4.90 Å².